The Hall–Kier alpha value is -2.87. The van der Waals surface area contributed by atoms with Gasteiger partial charge in [-0.1, -0.05) is 12.2 Å². The molecule has 0 spiro atoms. The lowest BCUT2D eigenvalue weighted by Gasteiger charge is -2.39. The number of carbonyl (C=O) groups excluding carboxylic acids is 2. The minimum absolute atomic E-state index is 0.0141. The van der Waals surface area contributed by atoms with E-state index < -0.39 is 0 Å². The topological polar surface area (TPSA) is 97.5 Å². The number of hydrogen-bond donors (Lipinski definition) is 1. The van der Waals surface area contributed by atoms with Crippen molar-refractivity contribution in [3.8, 4) is 11.5 Å². The number of carbonyl (C=O) groups is 2. The van der Waals surface area contributed by atoms with Gasteiger partial charge in [-0.15, -0.1) is 0 Å². The van der Waals surface area contributed by atoms with Gasteiger partial charge in [0, 0.05) is 31.0 Å². The zero-order valence-electron chi connectivity index (χ0n) is 18.5. The Balaban J connectivity index is 1.86. The van der Waals surface area contributed by atoms with Gasteiger partial charge in [0.05, 0.1) is 32.5 Å². The maximum atomic E-state index is 13.2. The second-order valence-electron chi connectivity index (χ2n) is 7.98. The van der Waals surface area contributed by atoms with E-state index in [1.54, 1.807) is 19.2 Å². The van der Waals surface area contributed by atoms with Crippen LogP contribution in [-0.2, 0) is 9.59 Å². The molecule has 2 heterocycles. The predicted molar refractivity (Wildman–Crippen MR) is 119 cm³/mol. The zero-order valence-corrected chi connectivity index (χ0v) is 18.5. The van der Waals surface area contributed by atoms with E-state index >= 15 is 0 Å². The van der Waals surface area contributed by atoms with Gasteiger partial charge in [0.15, 0.2) is 11.5 Å². The zero-order chi connectivity index (χ0) is 22.4. The fourth-order valence-electron chi connectivity index (χ4n) is 4.21. The van der Waals surface area contributed by atoms with Crippen LogP contribution in [0.1, 0.15) is 38.2 Å². The number of ether oxygens (including phenoxy) is 2. The minimum atomic E-state index is -0.326. The van der Waals surface area contributed by atoms with Gasteiger partial charge in [-0.05, 0) is 44.4 Å². The molecule has 0 saturated carbocycles. The van der Waals surface area contributed by atoms with Gasteiger partial charge in [-0.2, -0.15) is 5.10 Å². The second-order valence-corrected chi connectivity index (χ2v) is 7.98. The third kappa shape index (κ3) is 5.44. The number of allylic oxidation sites excluding steroid dienone is 2. The molecule has 2 aliphatic heterocycles. The van der Waals surface area contributed by atoms with E-state index in [0.717, 1.165) is 37.2 Å². The van der Waals surface area contributed by atoms with Crippen molar-refractivity contribution in [3.05, 3.63) is 35.9 Å². The monoisotopic (exact) mass is 428 g/mol. The standard InChI is InChI=1S/C23H32N4O4/c1-4-5-6-17-13-19(16-7-8-20(30-2)21(14-16)31-3)25-27(23(17)29)18-9-11-26(12-10-18)15-22(24)28/h4-5,7-8,14,17-18H,6,9-13,15H2,1-3H3,(H2,24,28)/b5-4-/t17-/m1/s1. The van der Waals surface area contributed by atoms with Crippen LogP contribution in [0.4, 0.5) is 0 Å². The fraction of sp³-hybridized carbons (Fsp3) is 0.522. The Bertz CT molecular complexity index is 859. The molecule has 0 bridgehead atoms. The van der Waals surface area contributed by atoms with Gasteiger partial charge < -0.3 is 15.2 Å². The highest BCUT2D eigenvalue weighted by atomic mass is 16.5. The van der Waals surface area contributed by atoms with Crippen molar-refractivity contribution in [2.75, 3.05) is 33.9 Å². The van der Waals surface area contributed by atoms with Crippen LogP contribution >= 0.6 is 0 Å². The van der Waals surface area contributed by atoms with Gasteiger partial charge in [0.2, 0.25) is 11.8 Å². The first-order valence-electron chi connectivity index (χ1n) is 10.7. The minimum Gasteiger partial charge on any atom is -0.493 e. The summed E-state index contributed by atoms with van der Waals surface area (Å²) in [6.45, 7) is 3.66. The first-order chi connectivity index (χ1) is 15.0. The van der Waals surface area contributed by atoms with E-state index in [1.807, 2.05) is 42.2 Å². The summed E-state index contributed by atoms with van der Waals surface area (Å²) in [5.74, 6) is 0.877. The van der Waals surface area contributed by atoms with Gasteiger partial charge in [-0.3, -0.25) is 14.5 Å². The molecule has 1 saturated heterocycles. The molecule has 0 radical (unpaired) electrons. The third-order valence-electron chi connectivity index (χ3n) is 5.90. The van der Waals surface area contributed by atoms with Gasteiger partial charge in [0.25, 0.3) is 0 Å². The molecule has 8 nitrogen and oxygen atoms in total. The summed E-state index contributed by atoms with van der Waals surface area (Å²) < 4.78 is 10.8. The fourth-order valence-corrected chi connectivity index (χ4v) is 4.21. The van der Waals surface area contributed by atoms with Crippen LogP contribution in [0.2, 0.25) is 0 Å². The van der Waals surface area contributed by atoms with E-state index in [1.165, 1.54) is 0 Å². The number of benzene rings is 1. The molecule has 2 N–H and O–H groups in total. The summed E-state index contributed by atoms with van der Waals surface area (Å²) in [4.78, 5) is 26.5. The molecule has 2 aliphatic rings. The molecule has 1 aromatic rings. The van der Waals surface area contributed by atoms with Gasteiger partial charge in [-0.25, -0.2) is 5.01 Å². The Morgan fingerprint density at radius 3 is 2.55 bits per heavy atom. The maximum Gasteiger partial charge on any atom is 0.246 e. The molecule has 0 aromatic heterocycles. The predicted octanol–water partition coefficient (Wildman–Crippen LogP) is 2.17. The molecule has 1 aromatic carbocycles. The molecule has 0 unspecified atom stereocenters. The van der Waals surface area contributed by atoms with Crippen molar-refractivity contribution in [2.24, 2.45) is 16.8 Å². The summed E-state index contributed by atoms with van der Waals surface area (Å²) in [5.41, 5.74) is 7.11. The number of primary amides is 1. The summed E-state index contributed by atoms with van der Waals surface area (Å²) in [6, 6.07) is 5.74. The second kappa shape index (κ2) is 10.4. The van der Waals surface area contributed by atoms with Crippen molar-refractivity contribution < 1.29 is 19.1 Å². The number of likely N-dealkylation sites (tertiary alicyclic amines) is 1. The highest BCUT2D eigenvalue weighted by molar-refractivity contribution is 6.05. The van der Waals surface area contributed by atoms with E-state index in [-0.39, 0.29) is 30.3 Å². The normalized spacial score (nSPS) is 20.7. The van der Waals surface area contributed by atoms with Crippen LogP contribution in [0.3, 0.4) is 0 Å². The molecule has 1 fully saturated rings. The summed E-state index contributed by atoms with van der Waals surface area (Å²) >= 11 is 0. The smallest absolute Gasteiger partial charge is 0.246 e. The van der Waals surface area contributed by atoms with E-state index in [4.69, 9.17) is 20.3 Å². The van der Waals surface area contributed by atoms with E-state index in [0.29, 0.717) is 24.3 Å². The van der Waals surface area contributed by atoms with Gasteiger partial charge in [0.1, 0.15) is 0 Å². The first-order valence-corrected chi connectivity index (χ1v) is 10.7. The Labute approximate surface area is 183 Å². The number of methoxy groups -OCH3 is 2. The summed E-state index contributed by atoms with van der Waals surface area (Å²) in [5, 5.41) is 6.49. The van der Waals surface area contributed by atoms with E-state index in [9.17, 15) is 9.59 Å². The molecule has 168 valence electrons. The SMILES string of the molecule is C/C=C\C[C@@H]1CC(c2ccc(OC)c(OC)c2)=NN(C2CCN(CC(N)=O)CC2)C1=O. The molecule has 3 rings (SSSR count). The highest BCUT2D eigenvalue weighted by Gasteiger charge is 2.36. The van der Waals surface area contributed by atoms with Crippen molar-refractivity contribution in [1.29, 1.82) is 0 Å². The molecular formula is C23H32N4O4. The Kier molecular flexibility index (Phi) is 7.68. The number of rotatable bonds is 8. The van der Waals surface area contributed by atoms with Crippen LogP contribution in [0, 0.1) is 5.92 Å². The number of nitrogens with zero attached hydrogens (tertiary/aromatic N) is 3. The molecule has 2 amide bonds. The van der Waals surface area contributed by atoms with Crippen LogP contribution in [0.25, 0.3) is 0 Å². The summed E-state index contributed by atoms with van der Waals surface area (Å²) in [6.07, 6.45) is 6.79. The van der Waals surface area contributed by atoms with Gasteiger partial charge >= 0.3 is 0 Å². The largest absolute Gasteiger partial charge is 0.493 e. The third-order valence-corrected chi connectivity index (χ3v) is 5.90. The average molecular weight is 429 g/mol. The highest BCUT2D eigenvalue weighted by Crippen LogP contribution is 2.32. The van der Waals surface area contributed by atoms with Crippen LogP contribution < -0.4 is 15.2 Å². The Morgan fingerprint density at radius 2 is 1.94 bits per heavy atom. The number of hydrazone groups is 1. The van der Waals surface area contributed by atoms with Crippen LogP contribution in [-0.4, -0.2) is 67.3 Å². The number of hydrogen-bond acceptors (Lipinski definition) is 6. The number of nitrogens with two attached hydrogens (primary N) is 1. The van der Waals surface area contributed by atoms with Crippen molar-refractivity contribution in [3.63, 3.8) is 0 Å². The molecule has 31 heavy (non-hydrogen) atoms. The number of piperidine rings is 1. The lowest BCUT2D eigenvalue weighted by Crippen LogP contribution is -2.50. The maximum absolute atomic E-state index is 13.2. The van der Waals surface area contributed by atoms with E-state index in [2.05, 4.69) is 0 Å². The van der Waals surface area contributed by atoms with Crippen LogP contribution in [0.5, 0.6) is 11.5 Å². The van der Waals surface area contributed by atoms with Crippen molar-refractivity contribution in [1.82, 2.24) is 9.91 Å². The molecular weight excluding hydrogens is 396 g/mol. The van der Waals surface area contributed by atoms with Crippen molar-refractivity contribution in [2.45, 2.75) is 38.6 Å². The first kappa shape index (κ1) is 22.8. The van der Waals surface area contributed by atoms with Crippen LogP contribution in [0.15, 0.2) is 35.5 Å². The lowest BCUT2D eigenvalue weighted by molar-refractivity contribution is -0.140. The lowest BCUT2D eigenvalue weighted by atomic mass is 9.90. The Morgan fingerprint density at radius 1 is 1.23 bits per heavy atom. The molecule has 0 aliphatic carbocycles. The quantitative estimate of drug-likeness (QED) is 0.640. The molecule has 1 atom stereocenters. The molecule has 8 heteroatoms. The number of amides is 2. The van der Waals surface area contributed by atoms with Crippen molar-refractivity contribution >= 4 is 17.5 Å². The summed E-state index contributed by atoms with van der Waals surface area (Å²) in [7, 11) is 3.21. The average Bonchev–Trinajstić information content (AvgIpc) is 2.78.